The Morgan fingerprint density at radius 1 is 1.06 bits per heavy atom. The summed E-state index contributed by atoms with van der Waals surface area (Å²) in [5.41, 5.74) is 5.03. The highest BCUT2D eigenvalue weighted by Crippen LogP contribution is 2.16. The predicted molar refractivity (Wildman–Crippen MR) is 144 cm³/mol. The van der Waals surface area contributed by atoms with Crippen LogP contribution in [0.2, 0.25) is 0 Å². The van der Waals surface area contributed by atoms with Crippen LogP contribution in [0.3, 0.4) is 0 Å². The first kappa shape index (κ1) is 26.0. The molecule has 2 aromatic rings. The average Bonchev–Trinajstić information content (AvgIpc) is 2.79. The Morgan fingerprint density at radius 2 is 1.75 bits per heavy atom. The van der Waals surface area contributed by atoms with E-state index in [9.17, 15) is 4.79 Å². The van der Waals surface area contributed by atoms with Gasteiger partial charge in [0.1, 0.15) is 0 Å². The number of piperazine rings is 1. The maximum absolute atomic E-state index is 11.6. The number of nitrogens with one attached hydrogen (secondary N) is 3. The molecule has 1 aliphatic heterocycles. The largest absolute Gasteiger partial charge is 0.360 e. The molecule has 174 valence electrons. The molecule has 0 spiro atoms. The van der Waals surface area contributed by atoms with Crippen LogP contribution in [-0.4, -0.2) is 45.1 Å². The molecular formula is C25H36IN5O. The van der Waals surface area contributed by atoms with Crippen molar-refractivity contribution in [2.75, 3.05) is 38.1 Å². The number of guanidine groups is 1. The van der Waals surface area contributed by atoms with Gasteiger partial charge in [0.15, 0.2) is 5.96 Å². The van der Waals surface area contributed by atoms with Crippen LogP contribution < -0.4 is 20.9 Å². The Bertz CT molecular complexity index is 865. The fourth-order valence-electron chi connectivity index (χ4n) is 3.66. The lowest BCUT2D eigenvalue weighted by Gasteiger charge is -2.28. The summed E-state index contributed by atoms with van der Waals surface area (Å²) >= 11 is 0. The van der Waals surface area contributed by atoms with Crippen molar-refractivity contribution in [2.24, 2.45) is 4.99 Å². The molecule has 7 heteroatoms. The van der Waals surface area contributed by atoms with Gasteiger partial charge in [0, 0.05) is 38.9 Å². The highest BCUT2D eigenvalue weighted by atomic mass is 127. The minimum Gasteiger partial charge on any atom is -0.360 e. The molecular weight excluding hydrogens is 513 g/mol. The first-order chi connectivity index (χ1) is 15.0. The zero-order valence-electron chi connectivity index (χ0n) is 19.4. The molecule has 1 amide bonds. The number of nitrogens with zero attached hydrogens (tertiary/aromatic N) is 2. The second-order valence-corrected chi connectivity index (χ2v) is 8.29. The van der Waals surface area contributed by atoms with Crippen molar-refractivity contribution in [3.05, 3.63) is 65.2 Å². The Labute approximate surface area is 209 Å². The first-order valence-electron chi connectivity index (χ1n) is 11.2. The SMILES string of the molecule is CN=C(NCCCc1ccc(C(C)C)cc1)NCc1ccc(N2CCNC(=O)C2)cc1.I. The molecule has 1 heterocycles. The third-order valence-corrected chi connectivity index (χ3v) is 5.60. The molecule has 3 N–H and O–H groups in total. The van der Waals surface area contributed by atoms with Gasteiger partial charge in [-0.05, 0) is 47.6 Å². The molecule has 0 aromatic heterocycles. The first-order valence-corrected chi connectivity index (χ1v) is 11.2. The van der Waals surface area contributed by atoms with E-state index in [1.807, 2.05) is 0 Å². The minimum atomic E-state index is 0. The Hall–Kier alpha value is -2.29. The number of benzene rings is 2. The van der Waals surface area contributed by atoms with Crippen molar-refractivity contribution in [3.8, 4) is 0 Å². The lowest BCUT2D eigenvalue weighted by molar-refractivity contribution is -0.120. The van der Waals surface area contributed by atoms with Gasteiger partial charge in [0.25, 0.3) is 0 Å². The molecule has 1 fully saturated rings. The van der Waals surface area contributed by atoms with Gasteiger partial charge in [-0.15, -0.1) is 24.0 Å². The summed E-state index contributed by atoms with van der Waals surface area (Å²) in [7, 11) is 1.80. The summed E-state index contributed by atoms with van der Waals surface area (Å²) in [6, 6.07) is 17.3. The van der Waals surface area contributed by atoms with Gasteiger partial charge >= 0.3 is 0 Å². The number of aryl methyl sites for hydroxylation is 1. The molecule has 2 aromatic carbocycles. The van der Waals surface area contributed by atoms with Crippen molar-refractivity contribution in [3.63, 3.8) is 0 Å². The lowest BCUT2D eigenvalue weighted by Crippen LogP contribution is -2.47. The Kier molecular flexibility index (Phi) is 10.8. The minimum absolute atomic E-state index is 0. The van der Waals surface area contributed by atoms with Crippen LogP contribution in [0, 0.1) is 0 Å². The number of amides is 1. The summed E-state index contributed by atoms with van der Waals surface area (Å²) in [4.78, 5) is 18.0. The van der Waals surface area contributed by atoms with Crippen molar-refractivity contribution in [2.45, 2.75) is 39.2 Å². The van der Waals surface area contributed by atoms with E-state index in [0.29, 0.717) is 25.6 Å². The molecule has 0 saturated carbocycles. The van der Waals surface area contributed by atoms with E-state index in [2.05, 4.69) is 88.2 Å². The molecule has 1 saturated heterocycles. The number of hydrogen-bond acceptors (Lipinski definition) is 3. The zero-order chi connectivity index (χ0) is 22.1. The van der Waals surface area contributed by atoms with Crippen molar-refractivity contribution in [1.82, 2.24) is 16.0 Å². The summed E-state index contributed by atoms with van der Waals surface area (Å²) in [5.74, 6) is 1.47. The summed E-state index contributed by atoms with van der Waals surface area (Å²) in [6.07, 6.45) is 2.11. The third-order valence-electron chi connectivity index (χ3n) is 5.60. The molecule has 0 atom stereocenters. The number of carbonyl (C=O) groups excluding carboxylic acids is 1. The maximum atomic E-state index is 11.6. The van der Waals surface area contributed by atoms with Gasteiger partial charge in [-0.3, -0.25) is 9.79 Å². The van der Waals surface area contributed by atoms with Crippen LogP contribution in [-0.2, 0) is 17.8 Å². The maximum Gasteiger partial charge on any atom is 0.239 e. The van der Waals surface area contributed by atoms with Crippen LogP contribution in [0.1, 0.15) is 42.9 Å². The zero-order valence-corrected chi connectivity index (χ0v) is 21.7. The van der Waals surface area contributed by atoms with Gasteiger partial charge in [-0.2, -0.15) is 0 Å². The second-order valence-electron chi connectivity index (χ2n) is 8.29. The van der Waals surface area contributed by atoms with E-state index in [1.54, 1.807) is 7.05 Å². The van der Waals surface area contributed by atoms with Crippen LogP contribution in [0.4, 0.5) is 5.69 Å². The van der Waals surface area contributed by atoms with Gasteiger partial charge in [0.2, 0.25) is 5.91 Å². The summed E-state index contributed by atoms with van der Waals surface area (Å²) in [6.45, 7) is 8.00. The highest BCUT2D eigenvalue weighted by molar-refractivity contribution is 14.0. The highest BCUT2D eigenvalue weighted by Gasteiger charge is 2.16. The predicted octanol–water partition coefficient (Wildman–Crippen LogP) is 3.66. The number of rotatable bonds is 8. The fourth-order valence-corrected chi connectivity index (χ4v) is 3.66. The lowest BCUT2D eigenvalue weighted by atomic mass is 10.0. The smallest absolute Gasteiger partial charge is 0.239 e. The summed E-state index contributed by atoms with van der Waals surface area (Å²) < 4.78 is 0. The van der Waals surface area contributed by atoms with E-state index >= 15 is 0 Å². The normalized spacial score (nSPS) is 14.1. The molecule has 0 radical (unpaired) electrons. The number of halogens is 1. The van der Waals surface area contributed by atoms with E-state index in [1.165, 1.54) is 16.7 Å². The van der Waals surface area contributed by atoms with Gasteiger partial charge < -0.3 is 20.9 Å². The number of hydrogen-bond donors (Lipinski definition) is 3. The van der Waals surface area contributed by atoms with Crippen molar-refractivity contribution in [1.29, 1.82) is 0 Å². The second kappa shape index (κ2) is 13.3. The Morgan fingerprint density at radius 3 is 2.38 bits per heavy atom. The monoisotopic (exact) mass is 549 g/mol. The number of aliphatic imine (C=N–C) groups is 1. The molecule has 3 rings (SSSR count). The quantitative estimate of drug-likeness (QED) is 0.204. The Balaban J connectivity index is 0.00000363. The van der Waals surface area contributed by atoms with Crippen LogP contribution >= 0.6 is 24.0 Å². The summed E-state index contributed by atoms with van der Waals surface area (Å²) in [5, 5.41) is 9.62. The molecule has 0 aliphatic carbocycles. The number of anilines is 1. The van der Waals surface area contributed by atoms with E-state index in [-0.39, 0.29) is 29.9 Å². The van der Waals surface area contributed by atoms with Crippen LogP contribution in [0.5, 0.6) is 0 Å². The third kappa shape index (κ3) is 8.00. The van der Waals surface area contributed by atoms with E-state index < -0.39 is 0 Å². The van der Waals surface area contributed by atoms with E-state index in [0.717, 1.165) is 37.6 Å². The van der Waals surface area contributed by atoms with Crippen LogP contribution in [0.25, 0.3) is 0 Å². The van der Waals surface area contributed by atoms with Crippen molar-refractivity contribution < 1.29 is 4.79 Å². The van der Waals surface area contributed by atoms with Gasteiger partial charge in [0.05, 0.1) is 6.54 Å². The number of carbonyl (C=O) groups is 1. The topological polar surface area (TPSA) is 68.8 Å². The molecule has 0 bridgehead atoms. The van der Waals surface area contributed by atoms with E-state index in [4.69, 9.17) is 0 Å². The molecule has 0 unspecified atom stereocenters. The molecule has 32 heavy (non-hydrogen) atoms. The van der Waals surface area contributed by atoms with Crippen molar-refractivity contribution >= 4 is 41.5 Å². The molecule has 1 aliphatic rings. The fraction of sp³-hybridized carbons (Fsp3) is 0.440. The van der Waals surface area contributed by atoms with Gasteiger partial charge in [-0.1, -0.05) is 50.2 Å². The van der Waals surface area contributed by atoms with Crippen LogP contribution in [0.15, 0.2) is 53.5 Å². The van der Waals surface area contributed by atoms with Gasteiger partial charge in [-0.25, -0.2) is 0 Å². The standard InChI is InChI=1S/C25H35N5O.HI/c1-19(2)22-10-6-20(7-11-22)5-4-14-28-25(26-3)29-17-21-8-12-23(13-9-21)30-16-15-27-24(31)18-30;/h6-13,19H,4-5,14-18H2,1-3H3,(H,27,31)(H2,26,28,29);1H. The molecule has 6 nitrogen and oxygen atoms in total. The average molecular weight is 550 g/mol.